The Labute approximate surface area is 65.4 Å². The first-order valence-corrected chi connectivity index (χ1v) is 3.49. The van der Waals surface area contributed by atoms with Gasteiger partial charge in [-0.15, -0.1) is 0 Å². The molecule has 0 aromatic heterocycles. The van der Waals surface area contributed by atoms with Gasteiger partial charge in [0.1, 0.15) is 12.7 Å². The van der Waals surface area contributed by atoms with Crippen molar-refractivity contribution in [3.8, 4) is 0 Å². The van der Waals surface area contributed by atoms with E-state index in [1.165, 1.54) is 0 Å². The molecule has 0 aromatic carbocycles. The molecular formula is C7H12O4. The molecule has 0 amide bonds. The number of rotatable bonds is 2. The second-order valence-electron chi connectivity index (χ2n) is 2.44. The van der Waals surface area contributed by atoms with Crippen LogP contribution in [0.25, 0.3) is 0 Å². The van der Waals surface area contributed by atoms with Crippen LogP contribution in [0.2, 0.25) is 0 Å². The average molecular weight is 160 g/mol. The van der Waals surface area contributed by atoms with Crippen LogP contribution >= 0.6 is 0 Å². The first kappa shape index (κ1) is 8.49. The van der Waals surface area contributed by atoms with Gasteiger partial charge in [0.25, 0.3) is 0 Å². The monoisotopic (exact) mass is 160 g/mol. The normalized spacial score (nSPS) is 31.6. The highest BCUT2D eigenvalue weighted by atomic mass is 16.6. The highest BCUT2D eigenvalue weighted by Crippen LogP contribution is 2.14. The predicted molar refractivity (Wildman–Crippen MR) is 37.2 cm³/mol. The molecule has 0 spiro atoms. The Morgan fingerprint density at radius 1 is 1.36 bits per heavy atom. The Kier molecular flexibility index (Phi) is 2.84. The molecule has 1 fully saturated rings. The van der Waals surface area contributed by atoms with Crippen LogP contribution in [0.4, 0.5) is 0 Å². The third-order valence-corrected chi connectivity index (χ3v) is 1.80. The molecule has 2 atom stereocenters. The van der Waals surface area contributed by atoms with Gasteiger partial charge in [-0.3, -0.25) is 4.79 Å². The number of carbonyl (C=O) groups is 1. The van der Waals surface area contributed by atoms with Crippen molar-refractivity contribution in [1.82, 2.24) is 0 Å². The van der Waals surface area contributed by atoms with E-state index in [1.807, 2.05) is 0 Å². The SMILES string of the molecule is CO[C@H]1CC(=O)OC[C@H]1OC. The highest BCUT2D eigenvalue weighted by molar-refractivity contribution is 5.70. The molecule has 0 aliphatic carbocycles. The summed E-state index contributed by atoms with van der Waals surface area (Å²) < 4.78 is 14.8. The number of carbonyl (C=O) groups excluding carboxylic acids is 1. The number of hydrogen-bond acceptors (Lipinski definition) is 4. The van der Waals surface area contributed by atoms with Crippen molar-refractivity contribution in [1.29, 1.82) is 0 Å². The Balaban J connectivity index is 2.48. The van der Waals surface area contributed by atoms with Gasteiger partial charge in [0, 0.05) is 14.2 Å². The molecule has 4 heteroatoms. The molecular weight excluding hydrogens is 148 g/mol. The number of methoxy groups -OCH3 is 2. The third kappa shape index (κ3) is 1.91. The summed E-state index contributed by atoms with van der Waals surface area (Å²) in [6.07, 6.45) is 0.0219. The van der Waals surface area contributed by atoms with Crippen molar-refractivity contribution in [3.05, 3.63) is 0 Å². The number of esters is 1. The zero-order valence-electron chi connectivity index (χ0n) is 6.70. The number of cyclic esters (lactones) is 1. The first-order valence-electron chi connectivity index (χ1n) is 3.49. The van der Waals surface area contributed by atoms with E-state index in [0.29, 0.717) is 6.61 Å². The van der Waals surface area contributed by atoms with Gasteiger partial charge in [0.05, 0.1) is 12.5 Å². The quantitative estimate of drug-likeness (QED) is 0.532. The molecule has 0 unspecified atom stereocenters. The molecule has 0 aromatic rings. The molecule has 0 N–H and O–H groups in total. The number of ether oxygens (including phenoxy) is 3. The standard InChI is InChI=1S/C7H12O4/c1-9-5-3-7(8)11-4-6(5)10-2/h5-6H,3-4H2,1-2H3/t5-,6+/m0/s1. The minimum atomic E-state index is -0.217. The fourth-order valence-electron chi connectivity index (χ4n) is 1.09. The second-order valence-corrected chi connectivity index (χ2v) is 2.44. The lowest BCUT2D eigenvalue weighted by Crippen LogP contribution is -2.41. The van der Waals surface area contributed by atoms with Crippen LogP contribution in [0, 0.1) is 0 Å². The van der Waals surface area contributed by atoms with Gasteiger partial charge in [-0.25, -0.2) is 0 Å². The molecule has 1 rings (SSSR count). The maximum Gasteiger partial charge on any atom is 0.308 e. The Hall–Kier alpha value is -0.610. The van der Waals surface area contributed by atoms with Gasteiger partial charge in [0.15, 0.2) is 0 Å². The van der Waals surface area contributed by atoms with Gasteiger partial charge >= 0.3 is 5.97 Å². The van der Waals surface area contributed by atoms with Crippen LogP contribution in [0.15, 0.2) is 0 Å². The van der Waals surface area contributed by atoms with E-state index in [-0.39, 0.29) is 24.6 Å². The summed E-state index contributed by atoms with van der Waals surface area (Å²) in [5, 5.41) is 0. The van der Waals surface area contributed by atoms with E-state index >= 15 is 0 Å². The Morgan fingerprint density at radius 2 is 2.00 bits per heavy atom. The summed E-state index contributed by atoms with van der Waals surface area (Å²) in [4.78, 5) is 10.7. The van der Waals surface area contributed by atoms with E-state index in [2.05, 4.69) is 0 Å². The topological polar surface area (TPSA) is 44.8 Å². The highest BCUT2D eigenvalue weighted by Gasteiger charge is 2.30. The van der Waals surface area contributed by atoms with Crippen molar-refractivity contribution in [2.45, 2.75) is 18.6 Å². The van der Waals surface area contributed by atoms with Crippen molar-refractivity contribution in [3.63, 3.8) is 0 Å². The zero-order valence-corrected chi connectivity index (χ0v) is 6.70. The maximum absolute atomic E-state index is 10.7. The van der Waals surface area contributed by atoms with Gasteiger partial charge in [0.2, 0.25) is 0 Å². The summed E-state index contributed by atoms with van der Waals surface area (Å²) in [6.45, 7) is 0.299. The van der Waals surface area contributed by atoms with Crippen molar-refractivity contribution in [2.75, 3.05) is 20.8 Å². The summed E-state index contributed by atoms with van der Waals surface area (Å²) in [7, 11) is 3.14. The molecule has 1 heterocycles. The lowest BCUT2D eigenvalue weighted by atomic mass is 10.1. The van der Waals surface area contributed by atoms with Crippen LogP contribution in [0.5, 0.6) is 0 Å². The average Bonchev–Trinajstić information content (AvgIpc) is 2.04. The van der Waals surface area contributed by atoms with Crippen molar-refractivity contribution in [2.24, 2.45) is 0 Å². The largest absolute Gasteiger partial charge is 0.463 e. The molecule has 11 heavy (non-hydrogen) atoms. The summed E-state index contributed by atoms with van der Waals surface area (Å²) in [5.74, 6) is -0.217. The fraction of sp³-hybridized carbons (Fsp3) is 0.857. The summed E-state index contributed by atoms with van der Waals surface area (Å²) in [6, 6.07) is 0. The van der Waals surface area contributed by atoms with Crippen LogP contribution in [0.3, 0.4) is 0 Å². The second kappa shape index (κ2) is 3.69. The lowest BCUT2D eigenvalue weighted by molar-refractivity contribution is -0.168. The lowest BCUT2D eigenvalue weighted by Gasteiger charge is -2.28. The Morgan fingerprint density at radius 3 is 2.55 bits per heavy atom. The fourth-order valence-corrected chi connectivity index (χ4v) is 1.09. The molecule has 0 bridgehead atoms. The molecule has 64 valence electrons. The predicted octanol–water partition coefficient (Wildman–Crippen LogP) is -0.0367. The van der Waals surface area contributed by atoms with Gasteiger partial charge in [-0.05, 0) is 0 Å². The van der Waals surface area contributed by atoms with Crippen LogP contribution < -0.4 is 0 Å². The van der Waals surface area contributed by atoms with Crippen molar-refractivity contribution < 1.29 is 19.0 Å². The minimum Gasteiger partial charge on any atom is -0.463 e. The van der Waals surface area contributed by atoms with E-state index in [0.717, 1.165) is 0 Å². The Bertz CT molecular complexity index is 145. The van der Waals surface area contributed by atoms with E-state index in [9.17, 15) is 4.79 Å². The minimum absolute atomic E-state index is 0.113. The van der Waals surface area contributed by atoms with E-state index < -0.39 is 0 Å². The molecule has 1 aliphatic rings. The maximum atomic E-state index is 10.7. The zero-order chi connectivity index (χ0) is 8.27. The first-order chi connectivity index (χ1) is 5.27. The van der Waals surface area contributed by atoms with Crippen LogP contribution in [0.1, 0.15) is 6.42 Å². The molecule has 1 saturated heterocycles. The molecule has 4 nitrogen and oxygen atoms in total. The van der Waals surface area contributed by atoms with Crippen molar-refractivity contribution >= 4 is 5.97 Å². The molecule has 1 aliphatic heterocycles. The van der Waals surface area contributed by atoms with E-state index in [1.54, 1.807) is 14.2 Å². The number of hydrogen-bond donors (Lipinski definition) is 0. The summed E-state index contributed by atoms with van der Waals surface area (Å²) in [5.41, 5.74) is 0. The molecule has 0 radical (unpaired) electrons. The van der Waals surface area contributed by atoms with Crippen LogP contribution in [-0.2, 0) is 19.0 Å². The molecule has 0 saturated carbocycles. The smallest absolute Gasteiger partial charge is 0.308 e. The van der Waals surface area contributed by atoms with Gasteiger partial charge < -0.3 is 14.2 Å². The third-order valence-electron chi connectivity index (χ3n) is 1.80. The van der Waals surface area contributed by atoms with E-state index in [4.69, 9.17) is 14.2 Å². The van der Waals surface area contributed by atoms with Gasteiger partial charge in [-0.1, -0.05) is 0 Å². The van der Waals surface area contributed by atoms with Gasteiger partial charge in [-0.2, -0.15) is 0 Å². The van der Waals surface area contributed by atoms with Crippen LogP contribution in [-0.4, -0.2) is 39.0 Å². The summed E-state index contributed by atoms with van der Waals surface area (Å²) >= 11 is 0.